The van der Waals surface area contributed by atoms with E-state index in [1.807, 2.05) is 0 Å². The van der Waals surface area contributed by atoms with Gasteiger partial charge in [0.2, 0.25) is 5.82 Å². The minimum atomic E-state index is -0.470. The Morgan fingerprint density at radius 2 is 1.96 bits per heavy atom. The molecular weight excluding hydrogens is 322 g/mol. The molecule has 0 aliphatic rings. The van der Waals surface area contributed by atoms with Crippen molar-refractivity contribution >= 4 is 17.3 Å². The van der Waals surface area contributed by atoms with Gasteiger partial charge in [-0.05, 0) is 30.3 Å². The van der Waals surface area contributed by atoms with E-state index in [1.165, 1.54) is 19.2 Å². The zero-order chi connectivity index (χ0) is 16.4. The maximum absolute atomic E-state index is 10.7. The number of nitrogens with zero attached hydrogens (tertiary/aromatic N) is 3. The molecule has 23 heavy (non-hydrogen) atoms. The van der Waals surface area contributed by atoms with Gasteiger partial charge in [0.15, 0.2) is 0 Å². The molecule has 0 unspecified atom stereocenters. The van der Waals surface area contributed by atoms with Gasteiger partial charge in [0.05, 0.1) is 17.6 Å². The molecule has 116 valence electrons. The molecule has 1 heterocycles. The number of ether oxygens (including phenoxy) is 1. The van der Waals surface area contributed by atoms with E-state index in [4.69, 9.17) is 20.9 Å². The zero-order valence-corrected chi connectivity index (χ0v) is 12.6. The van der Waals surface area contributed by atoms with E-state index >= 15 is 0 Å². The van der Waals surface area contributed by atoms with Crippen LogP contribution in [0.1, 0.15) is 0 Å². The summed E-state index contributed by atoms with van der Waals surface area (Å²) in [6, 6.07) is 10.9. The first-order valence-electron chi connectivity index (χ1n) is 6.51. The molecule has 2 aromatic carbocycles. The van der Waals surface area contributed by atoms with Crippen molar-refractivity contribution in [2.24, 2.45) is 0 Å². The summed E-state index contributed by atoms with van der Waals surface area (Å²) in [6.07, 6.45) is 0. The fraction of sp³-hybridized carbons (Fsp3) is 0.0667. The van der Waals surface area contributed by atoms with Crippen molar-refractivity contribution in [1.29, 1.82) is 0 Å². The zero-order valence-electron chi connectivity index (χ0n) is 11.9. The van der Waals surface area contributed by atoms with Crippen molar-refractivity contribution in [1.82, 2.24) is 10.1 Å². The van der Waals surface area contributed by atoms with Crippen LogP contribution in [0.3, 0.4) is 0 Å². The normalized spacial score (nSPS) is 10.5. The van der Waals surface area contributed by atoms with E-state index in [0.29, 0.717) is 27.7 Å². The molecule has 1 aromatic heterocycles. The number of nitro groups is 1. The number of hydrogen-bond donors (Lipinski definition) is 0. The van der Waals surface area contributed by atoms with Crippen LogP contribution in [-0.2, 0) is 0 Å². The average molecular weight is 332 g/mol. The van der Waals surface area contributed by atoms with Gasteiger partial charge in [0.1, 0.15) is 5.75 Å². The molecule has 3 aromatic rings. The largest absolute Gasteiger partial charge is 0.496 e. The highest BCUT2D eigenvalue weighted by atomic mass is 35.5. The molecule has 0 aliphatic heterocycles. The van der Waals surface area contributed by atoms with Gasteiger partial charge in [-0.3, -0.25) is 10.1 Å². The molecular formula is C15H10ClN3O4. The highest BCUT2D eigenvalue weighted by Crippen LogP contribution is 2.32. The Morgan fingerprint density at radius 1 is 1.22 bits per heavy atom. The van der Waals surface area contributed by atoms with Crippen molar-refractivity contribution < 1.29 is 14.2 Å². The lowest BCUT2D eigenvalue weighted by Crippen LogP contribution is -1.89. The molecule has 0 spiro atoms. The molecule has 7 nitrogen and oxygen atoms in total. The third kappa shape index (κ3) is 3.00. The van der Waals surface area contributed by atoms with E-state index in [9.17, 15) is 10.1 Å². The second-order valence-electron chi connectivity index (χ2n) is 4.57. The van der Waals surface area contributed by atoms with Gasteiger partial charge in [-0.1, -0.05) is 16.8 Å². The van der Waals surface area contributed by atoms with Gasteiger partial charge >= 0.3 is 0 Å². The number of rotatable bonds is 4. The molecule has 0 aliphatic carbocycles. The van der Waals surface area contributed by atoms with Crippen LogP contribution in [0.2, 0.25) is 5.02 Å². The highest BCUT2D eigenvalue weighted by Gasteiger charge is 2.16. The Bertz CT molecular complexity index is 861. The van der Waals surface area contributed by atoms with E-state index < -0.39 is 4.92 Å². The Kier molecular flexibility index (Phi) is 3.94. The predicted octanol–water partition coefficient (Wildman–Crippen LogP) is 3.97. The maximum Gasteiger partial charge on any atom is 0.269 e. The lowest BCUT2D eigenvalue weighted by atomic mass is 10.2. The molecule has 8 heteroatoms. The smallest absolute Gasteiger partial charge is 0.269 e. The first kappa shape index (κ1) is 15.0. The molecule has 3 rings (SSSR count). The summed E-state index contributed by atoms with van der Waals surface area (Å²) in [5, 5.41) is 15.1. The van der Waals surface area contributed by atoms with Crippen LogP contribution >= 0.6 is 11.6 Å². The van der Waals surface area contributed by atoms with Crippen molar-refractivity contribution in [3.63, 3.8) is 0 Å². The second kappa shape index (κ2) is 6.05. The summed E-state index contributed by atoms with van der Waals surface area (Å²) in [5.74, 6) is 1.11. The van der Waals surface area contributed by atoms with Crippen molar-refractivity contribution in [3.8, 4) is 28.6 Å². The molecule has 0 saturated carbocycles. The number of aromatic nitrogens is 2. The summed E-state index contributed by atoms with van der Waals surface area (Å²) >= 11 is 5.99. The van der Waals surface area contributed by atoms with Crippen molar-refractivity contribution in [2.45, 2.75) is 0 Å². The topological polar surface area (TPSA) is 91.3 Å². The summed E-state index contributed by atoms with van der Waals surface area (Å²) in [7, 11) is 1.53. The monoisotopic (exact) mass is 331 g/mol. The third-order valence-electron chi connectivity index (χ3n) is 3.15. The number of hydrogen-bond acceptors (Lipinski definition) is 6. The Labute approximate surface area is 135 Å². The summed E-state index contributed by atoms with van der Waals surface area (Å²) in [5.41, 5.74) is 1.17. The summed E-state index contributed by atoms with van der Waals surface area (Å²) in [4.78, 5) is 14.5. The second-order valence-corrected chi connectivity index (χ2v) is 5.01. The molecule has 0 fully saturated rings. The standard InChI is InChI=1S/C15H10ClN3O4/c1-22-13-7-4-10(16)8-12(13)15-17-14(18-23-15)9-2-5-11(6-3-9)19(20)21/h2-8H,1H3. The van der Waals surface area contributed by atoms with Crippen LogP contribution < -0.4 is 4.74 Å². The lowest BCUT2D eigenvalue weighted by molar-refractivity contribution is -0.384. The van der Waals surface area contributed by atoms with Gasteiger partial charge in [0.25, 0.3) is 11.6 Å². The van der Waals surface area contributed by atoms with Crippen molar-refractivity contribution in [2.75, 3.05) is 7.11 Å². The number of benzene rings is 2. The van der Waals surface area contributed by atoms with E-state index in [0.717, 1.165) is 0 Å². The maximum atomic E-state index is 10.7. The van der Waals surface area contributed by atoms with Gasteiger partial charge < -0.3 is 9.26 Å². The first-order valence-corrected chi connectivity index (χ1v) is 6.88. The van der Waals surface area contributed by atoms with Gasteiger partial charge in [-0.15, -0.1) is 0 Å². The molecule has 0 atom stereocenters. The SMILES string of the molecule is COc1ccc(Cl)cc1-c1nc(-c2ccc([N+](=O)[O-])cc2)no1. The van der Waals surface area contributed by atoms with Gasteiger partial charge in [0, 0.05) is 22.7 Å². The number of halogens is 1. The minimum Gasteiger partial charge on any atom is -0.496 e. The number of non-ortho nitro benzene ring substituents is 1. The molecule has 0 bridgehead atoms. The third-order valence-corrected chi connectivity index (χ3v) is 3.39. The van der Waals surface area contributed by atoms with Crippen molar-refractivity contribution in [3.05, 3.63) is 57.6 Å². The average Bonchev–Trinajstić information content (AvgIpc) is 3.04. The summed E-state index contributed by atoms with van der Waals surface area (Å²) < 4.78 is 10.5. The van der Waals surface area contributed by atoms with Crippen LogP contribution in [0.25, 0.3) is 22.8 Å². The van der Waals surface area contributed by atoms with E-state index in [2.05, 4.69) is 10.1 Å². The fourth-order valence-electron chi connectivity index (χ4n) is 2.03. The van der Waals surface area contributed by atoms with E-state index in [1.54, 1.807) is 30.3 Å². The Balaban J connectivity index is 1.97. The Hall–Kier alpha value is -2.93. The molecule has 0 saturated heterocycles. The number of nitro benzene ring substituents is 1. The quantitative estimate of drug-likeness (QED) is 0.530. The molecule has 0 amide bonds. The molecule has 0 N–H and O–H groups in total. The first-order chi connectivity index (χ1) is 11.1. The van der Waals surface area contributed by atoms with Crippen LogP contribution in [-0.4, -0.2) is 22.2 Å². The van der Waals surface area contributed by atoms with Gasteiger partial charge in [-0.25, -0.2) is 0 Å². The lowest BCUT2D eigenvalue weighted by Gasteiger charge is -2.04. The number of methoxy groups -OCH3 is 1. The fourth-order valence-corrected chi connectivity index (χ4v) is 2.20. The highest BCUT2D eigenvalue weighted by molar-refractivity contribution is 6.30. The van der Waals surface area contributed by atoms with Crippen LogP contribution in [0.15, 0.2) is 47.0 Å². The summed E-state index contributed by atoms with van der Waals surface area (Å²) in [6.45, 7) is 0. The Morgan fingerprint density at radius 3 is 2.61 bits per heavy atom. The van der Waals surface area contributed by atoms with E-state index in [-0.39, 0.29) is 11.6 Å². The van der Waals surface area contributed by atoms with Crippen LogP contribution in [0.4, 0.5) is 5.69 Å². The van der Waals surface area contributed by atoms with Gasteiger partial charge in [-0.2, -0.15) is 4.98 Å². The van der Waals surface area contributed by atoms with Crippen LogP contribution in [0, 0.1) is 10.1 Å². The molecule has 0 radical (unpaired) electrons. The predicted molar refractivity (Wildman–Crippen MR) is 83.4 cm³/mol. The minimum absolute atomic E-state index is 0.00558. The van der Waals surface area contributed by atoms with Crippen LogP contribution in [0.5, 0.6) is 5.75 Å².